The maximum absolute atomic E-state index is 9.15. The van der Waals surface area contributed by atoms with Crippen molar-refractivity contribution in [1.82, 2.24) is 0 Å². The molecule has 2 aromatic carbocycles. The predicted molar refractivity (Wildman–Crippen MR) is 108 cm³/mol. The van der Waals surface area contributed by atoms with Crippen LogP contribution in [0.3, 0.4) is 0 Å². The number of thiophene rings is 1. The standard InChI is InChI=1S/C23H15NO2S/c24-11-9-16-14-20(21-6-3-13-27-21)18-10-12-25-22-17-5-2-1-4-15(17)7-8-19(22)23(18)26-16/h1-9,13-14H,10,12H2/b16-9-. The molecule has 2 aliphatic rings. The van der Waals surface area contributed by atoms with Gasteiger partial charge in [-0.2, -0.15) is 5.26 Å². The van der Waals surface area contributed by atoms with Gasteiger partial charge in [0.1, 0.15) is 17.3 Å². The zero-order valence-corrected chi connectivity index (χ0v) is 15.3. The fraction of sp³-hybridized carbons (Fsp3) is 0.0870. The van der Waals surface area contributed by atoms with Crippen LogP contribution in [0.15, 0.2) is 77.4 Å². The summed E-state index contributed by atoms with van der Waals surface area (Å²) in [6, 6.07) is 18.6. The van der Waals surface area contributed by atoms with E-state index in [2.05, 4.69) is 41.8 Å². The molecule has 0 saturated heterocycles. The molecular weight excluding hydrogens is 354 g/mol. The molecule has 0 bridgehead atoms. The third-order valence-corrected chi connectivity index (χ3v) is 5.72. The first-order valence-corrected chi connectivity index (χ1v) is 9.65. The van der Waals surface area contributed by atoms with Gasteiger partial charge in [-0.3, -0.25) is 0 Å². The zero-order valence-electron chi connectivity index (χ0n) is 14.4. The molecule has 2 aliphatic heterocycles. The molecule has 3 heterocycles. The van der Waals surface area contributed by atoms with E-state index in [0.717, 1.165) is 45.4 Å². The van der Waals surface area contributed by atoms with Crippen molar-refractivity contribution < 1.29 is 9.47 Å². The van der Waals surface area contributed by atoms with Crippen molar-refractivity contribution in [3.63, 3.8) is 0 Å². The Hall–Kier alpha value is -3.29. The average molecular weight is 369 g/mol. The molecule has 5 rings (SSSR count). The van der Waals surface area contributed by atoms with Gasteiger partial charge >= 0.3 is 0 Å². The first-order valence-electron chi connectivity index (χ1n) is 8.77. The highest BCUT2D eigenvalue weighted by Gasteiger charge is 2.28. The Labute approximate surface area is 161 Å². The number of ether oxygens (including phenoxy) is 2. The lowest BCUT2D eigenvalue weighted by molar-refractivity contribution is 0.329. The Morgan fingerprint density at radius 2 is 2.00 bits per heavy atom. The molecule has 0 aliphatic carbocycles. The van der Waals surface area contributed by atoms with Crippen molar-refractivity contribution in [1.29, 1.82) is 5.26 Å². The topological polar surface area (TPSA) is 42.2 Å². The highest BCUT2D eigenvalue weighted by Crippen LogP contribution is 2.46. The van der Waals surface area contributed by atoms with Gasteiger partial charge in [-0.05, 0) is 29.0 Å². The van der Waals surface area contributed by atoms with Crippen LogP contribution >= 0.6 is 11.3 Å². The van der Waals surface area contributed by atoms with Crippen LogP contribution in [-0.4, -0.2) is 6.61 Å². The van der Waals surface area contributed by atoms with E-state index in [4.69, 9.17) is 14.7 Å². The van der Waals surface area contributed by atoms with Crippen molar-refractivity contribution in [2.24, 2.45) is 0 Å². The summed E-state index contributed by atoms with van der Waals surface area (Å²) in [7, 11) is 0. The van der Waals surface area contributed by atoms with Crippen LogP contribution in [0.4, 0.5) is 0 Å². The van der Waals surface area contributed by atoms with E-state index in [0.29, 0.717) is 12.4 Å². The predicted octanol–water partition coefficient (Wildman–Crippen LogP) is 5.92. The third kappa shape index (κ3) is 2.64. The van der Waals surface area contributed by atoms with Crippen LogP contribution in [0.1, 0.15) is 16.9 Å². The Bertz CT molecular complexity index is 1180. The molecule has 130 valence electrons. The largest absolute Gasteiger partial charge is 0.492 e. The van der Waals surface area contributed by atoms with Crippen molar-refractivity contribution >= 4 is 33.4 Å². The second-order valence-electron chi connectivity index (χ2n) is 6.38. The van der Waals surface area contributed by atoms with E-state index in [1.54, 1.807) is 11.3 Å². The highest BCUT2D eigenvalue weighted by molar-refractivity contribution is 7.11. The maximum Gasteiger partial charge on any atom is 0.142 e. The van der Waals surface area contributed by atoms with Crippen molar-refractivity contribution in [2.45, 2.75) is 6.42 Å². The van der Waals surface area contributed by atoms with Gasteiger partial charge in [0.15, 0.2) is 0 Å². The monoisotopic (exact) mass is 369 g/mol. The van der Waals surface area contributed by atoms with E-state index in [1.807, 2.05) is 24.3 Å². The second-order valence-corrected chi connectivity index (χ2v) is 7.33. The Balaban J connectivity index is 1.77. The molecular formula is C23H15NO2S. The summed E-state index contributed by atoms with van der Waals surface area (Å²) in [5.74, 6) is 2.20. The quantitative estimate of drug-likeness (QED) is 0.500. The Morgan fingerprint density at radius 3 is 2.85 bits per heavy atom. The molecule has 3 aromatic rings. The second kappa shape index (κ2) is 6.46. The first kappa shape index (κ1) is 15.9. The number of rotatable bonds is 1. The maximum atomic E-state index is 9.15. The van der Waals surface area contributed by atoms with Crippen molar-refractivity contribution in [2.75, 3.05) is 6.61 Å². The fourth-order valence-electron chi connectivity index (χ4n) is 3.65. The normalized spacial score (nSPS) is 17.3. The van der Waals surface area contributed by atoms with Crippen LogP contribution in [0.25, 0.3) is 22.1 Å². The van der Waals surface area contributed by atoms with E-state index in [9.17, 15) is 0 Å². The fourth-order valence-corrected chi connectivity index (χ4v) is 4.42. The van der Waals surface area contributed by atoms with Crippen LogP contribution in [0, 0.1) is 11.3 Å². The van der Waals surface area contributed by atoms with Gasteiger partial charge in [0, 0.05) is 27.8 Å². The van der Waals surface area contributed by atoms with E-state index < -0.39 is 0 Å². The summed E-state index contributed by atoms with van der Waals surface area (Å²) in [5, 5.41) is 13.4. The van der Waals surface area contributed by atoms with Gasteiger partial charge in [0.25, 0.3) is 0 Å². The number of fused-ring (bicyclic) bond motifs is 4. The molecule has 0 fully saturated rings. The van der Waals surface area contributed by atoms with Crippen molar-refractivity contribution in [3.8, 4) is 11.8 Å². The molecule has 27 heavy (non-hydrogen) atoms. The molecule has 1 aromatic heterocycles. The lowest BCUT2D eigenvalue weighted by Gasteiger charge is -2.22. The lowest BCUT2D eigenvalue weighted by atomic mass is 9.94. The number of nitrogens with zero attached hydrogens (tertiary/aromatic N) is 1. The van der Waals surface area contributed by atoms with E-state index in [-0.39, 0.29) is 0 Å². The van der Waals surface area contributed by atoms with Crippen molar-refractivity contribution in [3.05, 3.63) is 87.8 Å². The minimum absolute atomic E-state index is 0.556. The molecule has 0 unspecified atom stereocenters. The summed E-state index contributed by atoms with van der Waals surface area (Å²) < 4.78 is 12.4. The number of allylic oxidation sites excluding steroid dienone is 3. The molecule has 0 radical (unpaired) electrons. The Morgan fingerprint density at radius 1 is 1.07 bits per heavy atom. The summed E-state index contributed by atoms with van der Waals surface area (Å²) in [6.07, 6.45) is 4.16. The average Bonchev–Trinajstić information content (AvgIpc) is 3.16. The number of benzene rings is 2. The zero-order chi connectivity index (χ0) is 18.2. The summed E-state index contributed by atoms with van der Waals surface area (Å²) >= 11 is 1.69. The van der Waals surface area contributed by atoms with E-state index >= 15 is 0 Å². The third-order valence-electron chi connectivity index (χ3n) is 4.82. The van der Waals surface area contributed by atoms with Gasteiger partial charge in [-0.1, -0.05) is 36.4 Å². The SMILES string of the molecule is N#C/C=C1/C=C(c2cccs2)C2=C(O1)c1ccc3ccccc3c1OCC2. The van der Waals surface area contributed by atoms with Crippen LogP contribution in [-0.2, 0) is 4.74 Å². The van der Waals surface area contributed by atoms with Crippen LogP contribution < -0.4 is 4.74 Å². The van der Waals surface area contributed by atoms with Gasteiger partial charge in [0.05, 0.1) is 24.3 Å². The molecule has 0 N–H and O–H groups in total. The smallest absolute Gasteiger partial charge is 0.142 e. The minimum atomic E-state index is 0.556. The molecule has 0 amide bonds. The van der Waals surface area contributed by atoms with Gasteiger partial charge in [-0.25, -0.2) is 0 Å². The lowest BCUT2D eigenvalue weighted by Crippen LogP contribution is -2.05. The van der Waals surface area contributed by atoms with Crippen LogP contribution in [0.2, 0.25) is 0 Å². The Kier molecular flexibility index (Phi) is 3.81. The minimum Gasteiger partial charge on any atom is -0.492 e. The summed E-state index contributed by atoms with van der Waals surface area (Å²) in [4.78, 5) is 1.17. The van der Waals surface area contributed by atoms with E-state index in [1.165, 1.54) is 11.0 Å². The number of hydrogen-bond donors (Lipinski definition) is 0. The van der Waals surface area contributed by atoms with Gasteiger partial charge in [0.2, 0.25) is 0 Å². The summed E-state index contributed by atoms with van der Waals surface area (Å²) in [5.41, 5.74) is 3.17. The first-order chi connectivity index (χ1) is 13.3. The number of nitriles is 1. The van der Waals surface area contributed by atoms with Gasteiger partial charge in [-0.15, -0.1) is 11.3 Å². The highest BCUT2D eigenvalue weighted by atomic mass is 32.1. The molecule has 0 spiro atoms. The molecule has 3 nitrogen and oxygen atoms in total. The summed E-state index contributed by atoms with van der Waals surface area (Å²) in [6.45, 7) is 0.587. The van der Waals surface area contributed by atoms with Crippen LogP contribution in [0.5, 0.6) is 5.75 Å². The number of hydrogen-bond acceptors (Lipinski definition) is 4. The molecule has 4 heteroatoms. The molecule has 0 atom stereocenters. The van der Waals surface area contributed by atoms with Gasteiger partial charge < -0.3 is 9.47 Å². The molecule has 0 saturated carbocycles.